The number of Topliss-reactive ketones (excluding diaryl/α,β-unsaturated/α-hetero) is 1. The van der Waals surface area contributed by atoms with Crippen molar-refractivity contribution in [2.75, 3.05) is 0 Å². The molecule has 0 aromatic heterocycles. The van der Waals surface area contributed by atoms with Crippen molar-refractivity contribution in [2.45, 2.75) is 38.6 Å². The van der Waals surface area contributed by atoms with Gasteiger partial charge in [-0.15, -0.1) is 0 Å². The number of nitrogens with two attached hydrogens (primary N) is 2. The first-order valence-electron chi connectivity index (χ1n) is 6.56. The van der Waals surface area contributed by atoms with E-state index in [1.807, 2.05) is 38.1 Å². The summed E-state index contributed by atoms with van der Waals surface area (Å²) in [5.74, 6) is -0.105. The topological polar surface area (TPSA) is 93.0 Å². The van der Waals surface area contributed by atoms with Crippen LogP contribution in [0.3, 0.4) is 0 Å². The van der Waals surface area contributed by atoms with Gasteiger partial charge >= 0.3 is 0 Å². The third kappa shape index (κ3) is 3.54. The number of amidine groups is 1. The van der Waals surface area contributed by atoms with Crippen LogP contribution in [0.5, 0.6) is 0 Å². The number of carbonyl (C=O) groups is 1. The number of nitrogens with one attached hydrogen (secondary N) is 1. The molecule has 4 nitrogen and oxygen atoms in total. The third-order valence-electron chi connectivity index (χ3n) is 3.43. The molecule has 1 aromatic carbocycles. The second-order valence-electron chi connectivity index (χ2n) is 5.80. The van der Waals surface area contributed by atoms with E-state index in [4.69, 9.17) is 16.9 Å². The van der Waals surface area contributed by atoms with Crippen molar-refractivity contribution in [3.8, 4) is 0 Å². The summed E-state index contributed by atoms with van der Waals surface area (Å²) in [6, 6.07) is 6.88. The Kier molecular flexibility index (Phi) is 4.84. The minimum absolute atomic E-state index is 0.0217. The fourth-order valence-corrected chi connectivity index (χ4v) is 2.38. The van der Waals surface area contributed by atoms with Gasteiger partial charge in [0.2, 0.25) is 0 Å². The van der Waals surface area contributed by atoms with Crippen LogP contribution in [0.15, 0.2) is 36.4 Å². The minimum atomic E-state index is -0.595. The summed E-state index contributed by atoms with van der Waals surface area (Å²) in [7, 11) is 0. The summed E-state index contributed by atoms with van der Waals surface area (Å²) in [4.78, 5) is 11.9. The van der Waals surface area contributed by atoms with Gasteiger partial charge < -0.3 is 11.5 Å². The van der Waals surface area contributed by atoms with Crippen molar-refractivity contribution in [1.82, 2.24) is 0 Å². The van der Waals surface area contributed by atoms with E-state index in [1.165, 1.54) is 0 Å². The molecule has 0 radical (unpaired) electrons. The third-order valence-corrected chi connectivity index (χ3v) is 3.43. The molecule has 0 aliphatic heterocycles. The van der Waals surface area contributed by atoms with Gasteiger partial charge in [-0.05, 0) is 29.9 Å². The van der Waals surface area contributed by atoms with Crippen LogP contribution in [-0.4, -0.2) is 17.7 Å². The lowest BCUT2D eigenvalue weighted by Crippen LogP contribution is -2.38. The number of ketones is 1. The molecule has 0 saturated heterocycles. The molecule has 0 bridgehead atoms. The van der Waals surface area contributed by atoms with Gasteiger partial charge in [0.1, 0.15) is 5.84 Å². The first kappa shape index (κ1) is 16.1. The first-order chi connectivity index (χ1) is 9.16. The van der Waals surface area contributed by atoms with Gasteiger partial charge in [0, 0.05) is 5.56 Å². The average Bonchev–Trinajstić information content (AvgIpc) is 2.37. The number of carbonyl (C=O) groups excluding carboxylic acids is 1. The lowest BCUT2D eigenvalue weighted by molar-refractivity contribution is -0.117. The maximum atomic E-state index is 11.9. The minimum Gasteiger partial charge on any atom is -0.384 e. The quantitative estimate of drug-likeness (QED) is 0.421. The molecule has 0 saturated carbocycles. The first-order valence-corrected chi connectivity index (χ1v) is 6.56. The normalized spacial score (nSPS) is 12.8. The summed E-state index contributed by atoms with van der Waals surface area (Å²) < 4.78 is 0. The Bertz CT molecular complexity index is 546. The number of hydrogen-bond acceptors (Lipinski definition) is 3. The molecule has 0 amide bonds. The molecule has 0 unspecified atom stereocenters. The average molecular weight is 273 g/mol. The van der Waals surface area contributed by atoms with E-state index in [0.717, 1.165) is 5.56 Å². The summed E-state index contributed by atoms with van der Waals surface area (Å²) in [6.07, 6.45) is 0.475. The number of hydrogen-bond donors (Lipinski definition) is 3. The van der Waals surface area contributed by atoms with Crippen LogP contribution in [-0.2, 0) is 10.2 Å². The number of rotatable bonds is 6. The Morgan fingerprint density at radius 2 is 1.95 bits per heavy atom. The van der Waals surface area contributed by atoms with Crippen molar-refractivity contribution in [1.29, 1.82) is 5.41 Å². The van der Waals surface area contributed by atoms with Gasteiger partial charge in [0.25, 0.3) is 0 Å². The standard InChI is InChI=1S/C16H23N3O/c1-10(2)14(20)13(17)9-16(3,4)12-8-6-5-7-11(12)15(18)19/h5-8,13H,1,9,17H2,2-4H3,(H3,18,19)/t13-/m0/s1. The maximum absolute atomic E-state index is 11.9. The Hall–Kier alpha value is -1.94. The zero-order valence-electron chi connectivity index (χ0n) is 12.4. The number of benzene rings is 1. The molecular formula is C16H23N3O. The molecule has 0 heterocycles. The largest absolute Gasteiger partial charge is 0.384 e. The van der Waals surface area contributed by atoms with Crippen LogP contribution in [0.4, 0.5) is 0 Å². The lowest BCUT2D eigenvalue weighted by Gasteiger charge is -2.30. The van der Waals surface area contributed by atoms with E-state index < -0.39 is 6.04 Å². The van der Waals surface area contributed by atoms with E-state index in [-0.39, 0.29) is 17.0 Å². The SMILES string of the molecule is C=C(C)C(=O)[C@@H](N)CC(C)(C)c1ccccc1C(=N)N. The summed E-state index contributed by atoms with van der Waals surface area (Å²) >= 11 is 0. The zero-order valence-corrected chi connectivity index (χ0v) is 12.4. The smallest absolute Gasteiger partial charge is 0.174 e. The van der Waals surface area contributed by atoms with Gasteiger partial charge in [-0.25, -0.2) is 0 Å². The van der Waals surface area contributed by atoms with Crippen LogP contribution < -0.4 is 11.5 Å². The molecule has 0 aliphatic rings. The van der Waals surface area contributed by atoms with Gasteiger partial charge in [-0.1, -0.05) is 44.7 Å². The van der Waals surface area contributed by atoms with Crippen molar-refractivity contribution >= 4 is 11.6 Å². The van der Waals surface area contributed by atoms with Crippen LogP contribution in [0.1, 0.15) is 38.3 Å². The predicted octanol–water partition coefficient (Wildman–Crippen LogP) is 2.11. The fraction of sp³-hybridized carbons (Fsp3) is 0.375. The van der Waals surface area contributed by atoms with E-state index in [0.29, 0.717) is 17.6 Å². The Balaban J connectivity index is 3.08. The van der Waals surface area contributed by atoms with E-state index in [2.05, 4.69) is 6.58 Å². The van der Waals surface area contributed by atoms with Crippen LogP contribution in [0.25, 0.3) is 0 Å². The summed E-state index contributed by atoms with van der Waals surface area (Å²) in [5.41, 5.74) is 13.3. The second-order valence-corrected chi connectivity index (χ2v) is 5.80. The second kappa shape index (κ2) is 6.01. The molecule has 0 aliphatic carbocycles. The molecule has 0 spiro atoms. The molecule has 5 N–H and O–H groups in total. The van der Waals surface area contributed by atoms with E-state index >= 15 is 0 Å². The molecule has 4 heteroatoms. The van der Waals surface area contributed by atoms with Crippen molar-refractivity contribution in [3.05, 3.63) is 47.5 Å². The Labute approximate surface area is 120 Å². The van der Waals surface area contributed by atoms with Gasteiger partial charge in [0.05, 0.1) is 6.04 Å². The fourth-order valence-electron chi connectivity index (χ4n) is 2.38. The van der Waals surface area contributed by atoms with E-state index in [1.54, 1.807) is 6.92 Å². The van der Waals surface area contributed by atoms with Crippen LogP contribution >= 0.6 is 0 Å². The highest BCUT2D eigenvalue weighted by molar-refractivity contribution is 5.98. The van der Waals surface area contributed by atoms with Crippen molar-refractivity contribution in [2.24, 2.45) is 11.5 Å². The molecular weight excluding hydrogens is 250 g/mol. The summed E-state index contributed by atoms with van der Waals surface area (Å²) in [5, 5.41) is 7.66. The Morgan fingerprint density at radius 1 is 1.40 bits per heavy atom. The van der Waals surface area contributed by atoms with Crippen molar-refractivity contribution < 1.29 is 4.79 Å². The van der Waals surface area contributed by atoms with Crippen LogP contribution in [0, 0.1) is 5.41 Å². The molecule has 20 heavy (non-hydrogen) atoms. The predicted molar refractivity (Wildman–Crippen MR) is 82.9 cm³/mol. The molecule has 108 valence electrons. The van der Waals surface area contributed by atoms with E-state index in [9.17, 15) is 4.79 Å². The molecule has 1 atom stereocenters. The Morgan fingerprint density at radius 3 is 2.45 bits per heavy atom. The summed E-state index contributed by atoms with van der Waals surface area (Å²) in [6.45, 7) is 9.31. The highest BCUT2D eigenvalue weighted by Crippen LogP contribution is 2.31. The number of nitrogen functional groups attached to an aromatic ring is 1. The monoisotopic (exact) mass is 273 g/mol. The van der Waals surface area contributed by atoms with Gasteiger partial charge in [0.15, 0.2) is 5.78 Å². The van der Waals surface area contributed by atoms with Crippen molar-refractivity contribution in [3.63, 3.8) is 0 Å². The molecule has 1 aromatic rings. The van der Waals surface area contributed by atoms with Gasteiger partial charge in [-0.2, -0.15) is 0 Å². The maximum Gasteiger partial charge on any atom is 0.174 e. The molecule has 0 fully saturated rings. The zero-order chi connectivity index (χ0) is 15.5. The highest BCUT2D eigenvalue weighted by atomic mass is 16.1. The van der Waals surface area contributed by atoms with Crippen LogP contribution in [0.2, 0.25) is 0 Å². The molecule has 1 rings (SSSR count). The lowest BCUT2D eigenvalue weighted by atomic mass is 9.76. The highest BCUT2D eigenvalue weighted by Gasteiger charge is 2.29. The van der Waals surface area contributed by atoms with Gasteiger partial charge in [-0.3, -0.25) is 10.2 Å².